The van der Waals surface area contributed by atoms with Gasteiger partial charge in [-0.15, -0.1) is 0 Å². The van der Waals surface area contributed by atoms with E-state index in [0.717, 1.165) is 25.7 Å². The number of dihydropyridines is 1. The quantitative estimate of drug-likeness (QED) is 0.210. The minimum absolute atomic E-state index is 0.0628. The Morgan fingerprint density at radius 1 is 0.811 bits per heavy atom. The maximum Gasteiger partial charge on any atom is 0.119 e. The van der Waals surface area contributed by atoms with Crippen molar-refractivity contribution in [2.24, 2.45) is 11.8 Å². The van der Waals surface area contributed by atoms with Gasteiger partial charge >= 0.3 is 0 Å². The first kappa shape index (κ1) is 32.7. The van der Waals surface area contributed by atoms with E-state index in [2.05, 4.69) is 163 Å². The van der Waals surface area contributed by atoms with E-state index in [4.69, 9.17) is 0 Å². The Morgan fingerprint density at radius 3 is 2.53 bits per heavy atom. The second kappa shape index (κ2) is 13.2. The van der Waals surface area contributed by atoms with Gasteiger partial charge in [0.15, 0.2) is 0 Å². The first-order chi connectivity index (χ1) is 26.0. The molecule has 6 aliphatic rings. The lowest BCUT2D eigenvalue weighted by molar-refractivity contribution is 0.232. The van der Waals surface area contributed by atoms with E-state index in [1.165, 1.54) is 74.8 Å². The van der Waals surface area contributed by atoms with Gasteiger partial charge < -0.3 is 20.4 Å². The fourth-order valence-electron chi connectivity index (χ4n) is 11.0. The highest BCUT2D eigenvalue weighted by molar-refractivity contribution is 6.00. The number of rotatable bonds is 6. The monoisotopic (exact) mass is 696 g/mol. The lowest BCUT2D eigenvalue weighted by Crippen LogP contribution is -2.49. The van der Waals surface area contributed by atoms with Crippen LogP contribution in [0.25, 0.3) is 22.5 Å². The Balaban J connectivity index is 1.18. The van der Waals surface area contributed by atoms with Crippen molar-refractivity contribution in [3.8, 4) is 0 Å². The molecular formula is C49H52N4. The highest BCUT2D eigenvalue weighted by Gasteiger charge is 2.41. The Kier molecular flexibility index (Phi) is 8.11. The van der Waals surface area contributed by atoms with Crippen LogP contribution in [-0.2, 0) is 12.8 Å². The van der Waals surface area contributed by atoms with Crippen LogP contribution >= 0.6 is 0 Å². The summed E-state index contributed by atoms with van der Waals surface area (Å²) >= 11 is 0. The van der Waals surface area contributed by atoms with Gasteiger partial charge in [0.25, 0.3) is 0 Å². The molecular weight excluding hydrogens is 645 g/mol. The molecule has 4 heteroatoms. The molecule has 0 bridgehead atoms. The number of nitrogens with zero attached hydrogens (tertiary/aromatic N) is 2. The number of hydrogen-bond acceptors (Lipinski definition) is 4. The molecule has 2 N–H and O–H groups in total. The molecule has 0 amide bonds. The average Bonchev–Trinajstić information content (AvgIpc) is 3.20. The minimum Gasteiger partial charge on any atom is -0.371 e. The second-order valence-electron chi connectivity index (χ2n) is 16.6. The van der Waals surface area contributed by atoms with Crippen molar-refractivity contribution < 1.29 is 0 Å². The van der Waals surface area contributed by atoms with Crippen LogP contribution in [0.3, 0.4) is 0 Å². The zero-order valence-corrected chi connectivity index (χ0v) is 31.4. The second-order valence-corrected chi connectivity index (χ2v) is 16.6. The molecule has 7 atom stereocenters. The van der Waals surface area contributed by atoms with Crippen LogP contribution in [0.15, 0.2) is 116 Å². The third-order valence-electron chi connectivity index (χ3n) is 13.3. The predicted octanol–water partition coefficient (Wildman–Crippen LogP) is 11.0. The Bertz CT molecular complexity index is 2240. The van der Waals surface area contributed by atoms with Crippen LogP contribution in [0, 0.1) is 18.8 Å². The molecule has 0 saturated heterocycles. The zero-order valence-electron chi connectivity index (χ0n) is 31.4. The largest absolute Gasteiger partial charge is 0.371 e. The molecule has 0 fully saturated rings. The van der Waals surface area contributed by atoms with Crippen molar-refractivity contribution in [1.82, 2.24) is 15.5 Å². The van der Waals surface area contributed by atoms with Crippen molar-refractivity contribution in [3.63, 3.8) is 0 Å². The smallest absolute Gasteiger partial charge is 0.119 e. The SMILES string of the molecule is Cc1cc(N(C2CCC=CN2)C2CC(C)Cc3ccccc32)c2c3c4c(ccc13)C(N(C1C=CC=CN1)C1CC=Cc3ccccc31)=CC(C)C4CC2. The molecule has 53 heavy (non-hydrogen) atoms. The Hall–Kier alpha value is -4.96. The molecule has 4 nitrogen and oxygen atoms in total. The van der Waals surface area contributed by atoms with Gasteiger partial charge in [-0.25, -0.2) is 0 Å². The van der Waals surface area contributed by atoms with Gasteiger partial charge in [0, 0.05) is 16.9 Å². The van der Waals surface area contributed by atoms with Gasteiger partial charge in [0.2, 0.25) is 0 Å². The molecule has 10 rings (SSSR count). The van der Waals surface area contributed by atoms with E-state index < -0.39 is 0 Å². The van der Waals surface area contributed by atoms with Gasteiger partial charge in [-0.1, -0.05) is 105 Å². The van der Waals surface area contributed by atoms with Crippen molar-refractivity contribution in [2.45, 2.75) is 96.1 Å². The van der Waals surface area contributed by atoms with E-state index in [0.29, 0.717) is 23.8 Å². The highest BCUT2D eigenvalue weighted by Crippen LogP contribution is 2.54. The van der Waals surface area contributed by atoms with Crippen molar-refractivity contribution in [3.05, 3.63) is 160 Å². The van der Waals surface area contributed by atoms with Gasteiger partial charge in [-0.3, -0.25) is 0 Å². The van der Waals surface area contributed by atoms with Crippen molar-refractivity contribution in [2.75, 3.05) is 4.90 Å². The maximum atomic E-state index is 3.87. The van der Waals surface area contributed by atoms with Gasteiger partial charge in [-0.05, 0) is 150 Å². The summed E-state index contributed by atoms with van der Waals surface area (Å²) in [7, 11) is 0. The molecule has 0 aromatic heterocycles. The van der Waals surface area contributed by atoms with Crippen LogP contribution < -0.4 is 15.5 Å². The third-order valence-corrected chi connectivity index (χ3v) is 13.3. The summed E-state index contributed by atoms with van der Waals surface area (Å²) in [4.78, 5) is 5.56. The van der Waals surface area contributed by atoms with E-state index in [1.54, 1.807) is 11.1 Å². The normalized spacial score (nSPS) is 27.7. The first-order valence-electron chi connectivity index (χ1n) is 20.3. The number of hydrogen-bond donors (Lipinski definition) is 2. The summed E-state index contributed by atoms with van der Waals surface area (Å²) in [6.07, 6.45) is 28.8. The lowest BCUT2D eigenvalue weighted by Gasteiger charge is -2.48. The fourth-order valence-corrected chi connectivity index (χ4v) is 11.0. The van der Waals surface area contributed by atoms with Gasteiger partial charge in [0.05, 0.1) is 18.2 Å². The topological polar surface area (TPSA) is 30.5 Å². The zero-order chi connectivity index (χ0) is 35.6. The van der Waals surface area contributed by atoms with Crippen LogP contribution in [-0.4, -0.2) is 17.2 Å². The predicted molar refractivity (Wildman–Crippen MR) is 221 cm³/mol. The Labute approximate surface area is 315 Å². The Morgan fingerprint density at radius 2 is 1.68 bits per heavy atom. The number of allylic oxidation sites excluding steroid dienone is 4. The minimum atomic E-state index is 0.0628. The summed E-state index contributed by atoms with van der Waals surface area (Å²) in [5.41, 5.74) is 14.6. The summed E-state index contributed by atoms with van der Waals surface area (Å²) in [6.45, 7) is 7.31. The van der Waals surface area contributed by atoms with E-state index >= 15 is 0 Å². The number of fused-ring (bicyclic) bond motifs is 2. The number of anilines is 1. The highest BCUT2D eigenvalue weighted by atomic mass is 15.3. The first-order valence-corrected chi connectivity index (χ1v) is 20.3. The molecule has 4 aliphatic carbocycles. The van der Waals surface area contributed by atoms with E-state index in [9.17, 15) is 0 Å². The van der Waals surface area contributed by atoms with Crippen LogP contribution in [0.1, 0.15) is 108 Å². The number of benzene rings is 4. The molecule has 4 aromatic rings. The van der Waals surface area contributed by atoms with E-state index in [1.807, 2.05) is 0 Å². The molecule has 4 aromatic carbocycles. The van der Waals surface area contributed by atoms with Crippen LogP contribution in [0.2, 0.25) is 0 Å². The van der Waals surface area contributed by atoms with Gasteiger partial charge in [0.1, 0.15) is 6.17 Å². The number of aryl methyl sites for hydroxylation is 2. The summed E-state index contributed by atoms with van der Waals surface area (Å²) in [5.74, 6) is 1.59. The lowest BCUT2D eigenvalue weighted by atomic mass is 9.69. The van der Waals surface area contributed by atoms with Gasteiger partial charge in [-0.2, -0.15) is 0 Å². The van der Waals surface area contributed by atoms with Crippen LogP contribution in [0.5, 0.6) is 0 Å². The van der Waals surface area contributed by atoms with Crippen molar-refractivity contribution in [1.29, 1.82) is 0 Å². The average molecular weight is 697 g/mol. The van der Waals surface area contributed by atoms with Crippen LogP contribution in [0.4, 0.5) is 5.69 Å². The third kappa shape index (κ3) is 5.39. The molecule has 2 heterocycles. The molecule has 268 valence electrons. The molecule has 0 spiro atoms. The fraction of sp³-hybridized carbons (Fsp3) is 0.347. The van der Waals surface area contributed by atoms with Crippen molar-refractivity contribution >= 4 is 28.2 Å². The van der Waals surface area contributed by atoms with E-state index in [-0.39, 0.29) is 18.4 Å². The number of nitrogens with one attached hydrogen (secondary N) is 2. The summed E-state index contributed by atoms with van der Waals surface area (Å²) in [5, 5.41) is 10.6. The molecule has 0 radical (unpaired) electrons. The molecule has 0 saturated carbocycles. The molecule has 2 aliphatic heterocycles. The maximum absolute atomic E-state index is 3.87. The standard InChI is InChI=1S/C49H52N4/c1-31-27-35-14-5-7-17-39(35)43(28-31)53(47-20-9-11-26-51-47)45-30-33(3)37-21-23-40-44(29-32(2)36-22-24-41(45)49(37)48(36)40)52(46-19-8-10-25-50-46)42-18-12-15-34-13-4-6-16-38(34)42/h4-8,10-17,19,21,23,25-26,29-32,36,42-43,46-47,50-51H,9,18,20,22,24,27-28H2,1-3H3. The summed E-state index contributed by atoms with van der Waals surface area (Å²) < 4.78 is 0. The molecule has 7 unspecified atom stereocenters. The summed E-state index contributed by atoms with van der Waals surface area (Å²) in [6, 6.07) is 26.4.